The monoisotopic (exact) mass is 314 g/mol. The molecule has 0 aromatic heterocycles. The Kier molecular flexibility index (Phi) is 5.88. The molecule has 0 heterocycles. The summed E-state index contributed by atoms with van der Waals surface area (Å²) in [7, 11) is -0.601. The summed E-state index contributed by atoms with van der Waals surface area (Å²) in [6.07, 6.45) is 0. The van der Waals surface area contributed by atoms with E-state index in [1.54, 1.807) is 0 Å². The van der Waals surface area contributed by atoms with Crippen molar-refractivity contribution in [3.63, 3.8) is 0 Å². The number of hydrogen-bond acceptors (Lipinski definition) is 4. The lowest BCUT2D eigenvalue weighted by atomic mass is 10.0. The molecule has 6 nitrogen and oxygen atoms in total. The van der Waals surface area contributed by atoms with Gasteiger partial charge in [0.15, 0.2) is 0 Å². The van der Waals surface area contributed by atoms with Crippen LogP contribution >= 0.6 is 0 Å². The van der Waals surface area contributed by atoms with E-state index in [0.29, 0.717) is 5.56 Å². The summed E-state index contributed by atoms with van der Waals surface area (Å²) in [5, 5.41) is 11.9. The number of nitrogens with zero attached hydrogens (tertiary/aromatic N) is 1. The van der Waals surface area contributed by atoms with Gasteiger partial charge in [0.1, 0.15) is 0 Å². The smallest absolute Gasteiger partial charge is 0.251 e. The summed E-state index contributed by atoms with van der Waals surface area (Å²) in [4.78, 5) is 12.2. The van der Waals surface area contributed by atoms with Crippen molar-refractivity contribution in [2.75, 3.05) is 20.7 Å². The first kappa shape index (κ1) is 17.6. The van der Waals surface area contributed by atoms with Crippen molar-refractivity contribution in [3.05, 3.63) is 29.8 Å². The standard InChI is InChI=1S/C14H22N2O4S/c1-10(2)13(9-17)15-14(18)11-5-7-12(8-6-11)21(19,20)16(3)4/h5-8,10,13,17H,9H2,1-4H3,(H,15,18). The van der Waals surface area contributed by atoms with Crippen LogP contribution in [0.2, 0.25) is 0 Å². The molecule has 0 aliphatic rings. The van der Waals surface area contributed by atoms with E-state index in [9.17, 15) is 18.3 Å². The molecule has 0 saturated heterocycles. The number of nitrogens with one attached hydrogen (secondary N) is 1. The average Bonchev–Trinajstić information content (AvgIpc) is 2.44. The van der Waals surface area contributed by atoms with Crippen LogP contribution in [0.15, 0.2) is 29.2 Å². The van der Waals surface area contributed by atoms with Gasteiger partial charge in [-0.15, -0.1) is 0 Å². The van der Waals surface area contributed by atoms with Crippen molar-refractivity contribution >= 4 is 15.9 Å². The fraction of sp³-hybridized carbons (Fsp3) is 0.500. The maximum Gasteiger partial charge on any atom is 0.251 e. The van der Waals surface area contributed by atoms with Crippen LogP contribution in [0.1, 0.15) is 24.2 Å². The summed E-state index contributed by atoms with van der Waals surface area (Å²) in [5.74, 6) is -0.233. The van der Waals surface area contributed by atoms with Crippen molar-refractivity contribution < 1.29 is 18.3 Å². The molecule has 0 saturated carbocycles. The Morgan fingerprint density at radius 2 is 1.76 bits per heavy atom. The Bertz CT molecular complexity index is 579. The summed E-state index contributed by atoms with van der Waals surface area (Å²) < 4.78 is 25.0. The highest BCUT2D eigenvalue weighted by Gasteiger charge is 2.19. The van der Waals surface area contributed by atoms with Gasteiger partial charge < -0.3 is 10.4 Å². The first-order valence-electron chi connectivity index (χ1n) is 6.64. The van der Waals surface area contributed by atoms with E-state index in [2.05, 4.69) is 5.32 Å². The molecule has 118 valence electrons. The van der Waals surface area contributed by atoms with Crippen molar-refractivity contribution in [1.82, 2.24) is 9.62 Å². The number of rotatable bonds is 6. The first-order valence-corrected chi connectivity index (χ1v) is 8.08. The van der Waals surface area contributed by atoms with Gasteiger partial charge in [-0.1, -0.05) is 13.8 Å². The molecule has 1 aromatic rings. The molecule has 1 amide bonds. The summed E-state index contributed by atoms with van der Waals surface area (Å²) in [6.45, 7) is 3.65. The van der Waals surface area contributed by atoms with E-state index < -0.39 is 10.0 Å². The van der Waals surface area contributed by atoms with E-state index in [-0.39, 0.29) is 29.4 Å². The number of sulfonamides is 1. The molecule has 0 spiro atoms. The van der Waals surface area contributed by atoms with E-state index in [0.717, 1.165) is 4.31 Å². The summed E-state index contributed by atoms with van der Waals surface area (Å²) in [5.41, 5.74) is 0.354. The third-order valence-electron chi connectivity index (χ3n) is 3.21. The van der Waals surface area contributed by atoms with E-state index in [1.165, 1.54) is 38.4 Å². The molecule has 1 atom stereocenters. The molecule has 7 heteroatoms. The molecule has 0 aliphatic heterocycles. The van der Waals surface area contributed by atoms with Gasteiger partial charge in [-0.3, -0.25) is 4.79 Å². The summed E-state index contributed by atoms with van der Waals surface area (Å²) >= 11 is 0. The van der Waals surface area contributed by atoms with Gasteiger partial charge >= 0.3 is 0 Å². The van der Waals surface area contributed by atoms with Gasteiger partial charge in [0.25, 0.3) is 5.91 Å². The number of carbonyl (C=O) groups is 1. The molecular formula is C14H22N2O4S. The normalized spacial score (nSPS) is 13.5. The average molecular weight is 314 g/mol. The molecule has 0 bridgehead atoms. The molecule has 0 aliphatic carbocycles. The Hall–Kier alpha value is -1.44. The quantitative estimate of drug-likeness (QED) is 0.808. The van der Waals surface area contributed by atoms with E-state index in [1.807, 2.05) is 13.8 Å². The van der Waals surface area contributed by atoms with Crippen molar-refractivity contribution in [2.24, 2.45) is 5.92 Å². The molecule has 1 rings (SSSR count). The number of amides is 1. The van der Waals surface area contributed by atoms with Crippen molar-refractivity contribution in [2.45, 2.75) is 24.8 Å². The fourth-order valence-corrected chi connectivity index (χ4v) is 2.57. The van der Waals surface area contributed by atoms with Gasteiger partial charge in [0, 0.05) is 19.7 Å². The van der Waals surface area contributed by atoms with Gasteiger partial charge in [-0.05, 0) is 30.2 Å². The van der Waals surface area contributed by atoms with Gasteiger partial charge in [0.05, 0.1) is 17.5 Å². The number of carbonyl (C=O) groups excluding carboxylic acids is 1. The Labute approximate surface area is 125 Å². The van der Waals surface area contributed by atoms with Crippen LogP contribution in [0.4, 0.5) is 0 Å². The van der Waals surface area contributed by atoms with Crippen LogP contribution in [0.3, 0.4) is 0 Å². The predicted octanol–water partition coefficient (Wildman–Crippen LogP) is 0.684. The predicted molar refractivity (Wildman–Crippen MR) is 80.5 cm³/mol. The van der Waals surface area contributed by atoms with Crippen LogP contribution < -0.4 is 5.32 Å². The highest BCUT2D eigenvalue weighted by atomic mass is 32.2. The molecule has 0 fully saturated rings. The topological polar surface area (TPSA) is 86.7 Å². The lowest BCUT2D eigenvalue weighted by Gasteiger charge is -2.20. The largest absolute Gasteiger partial charge is 0.394 e. The molecule has 0 radical (unpaired) electrons. The Balaban J connectivity index is 2.91. The van der Waals surface area contributed by atoms with Crippen molar-refractivity contribution in [3.8, 4) is 0 Å². The molecule has 1 aromatic carbocycles. The lowest BCUT2D eigenvalue weighted by Crippen LogP contribution is -2.41. The van der Waals surface area contributed by atoms with Crippen LogP contribution in [0, 0.1) is 5.92 Å². The van der Waals surface area contributed by atoms with Crippen LogP contribution in [-0.4, -0.2) is 50.5 Å². The number of hydrogen-bond donors (Lipinski definition) is 2. The number of benzene rings is 1. The molecule has 21 heavy (non-hydrogen) atoms. The highest BCUT2D eigenvalue weighted by molar-refractivity contribution is 7.89. The van der Waals surface area contributed by atoms with Crippen LogP contribution in [0.5, 0.6) is 0 Å². The second-order valence-electron chi connectivity index (χ2n) is 5.32. The van der Waals surface area contributed by atoms with Crippen LogP contribution in [0.25, 0.3) is 0 Å². The number of aliphatic hydroxyl groups is 1. The number of aliphatic hydroxyl groups excluding tert-OH is 1. The third kappa shape index (κ3) is 4.26. The van der Waals surface area contributed by atoms with Gasteiger partial charge in [-0.25, -0.2) is 12.7 Å². The Morgan fingerprint density at radius 1 is 1.24 bits per heavy atom. The van der Waals surface area contributed by atoms with E-state index >= 15 is 0 Å². The van der Waals surface area contributed by atoms with E-state index in [4.69, 9.17) is 0 Å². The second-order valence-corrected chi connectivity index (χ2v) is 7.47. The zero-order chi connectivity index (χ0) is 16.2. The molecule has 1 unspecified atom stereocenters. The zero-order valence-electron chi connectivity index (χ0n) is 12.7. The first-order chi connectivity index (χ1) is 9.70. The molecule has 2 N–H and O–H groups in total. The van der Waals surface area contributed by atoms with Gasteiger partial charge in [0.2, 0.25) is 10.0 Å². The maximum absolute atomic E-state index is 12.0. The Morgan fingerprint density at radius 3 is 2.14 bits per heavy atom. The maximum atomic E-state index is 12.0. The lowest BCUT2D eigenvalue weighted by molar-refractivity contribution is 0.0897. The van der Waals surface area contributed by atoms with Crippen LogP contribution in [-0.2, 0) is 10.0 Å². The minimum Gasteiger partial charge on any atom is -0.394 e. The SMILES string of the molecule is CC(C)C(CO)NC(=O)c1ccc(S(=O)(=O)N(C)C)cc1. The zero-order valence-corrected chi connectivity index (χ0v) is 13.5. The highest BCUT2D eigenvalue weighted by Crippen LogP contribution is 2.14. The van der Waals surface area contributed by atoms with Crippen molar-refractivity contribution in [1.29, 1.82) is 0 Å². The molecular weight excluding hydrogens is 292 g/mol. The third-order valence-corrected chi connectivity index (χ3v) is 5.04. The minimum atomic E-state index is -3.50. The fourth-order valence-electron chi connectivity index (χ4n) is 1.66. The van der Waals surface area contributed by atoms with Gasteiger partial charge in [-0.2, -0.15) is 0 Å². The summed E-state index contributed by atoms with van der Waals surface area (Å²) in [6, 6.07) is 5.38. The second kappa shape index (κ2) is 7.02. The minimum absolute atomic E-state index is 0.104.